The van der Waals surface area contributed by atoms with Crippen molar-refractivity contribution in [3.63, 3.8) is 0 Å². The number of aliphatic hydroxyl groups is 1. The molecular formula is C14H17NO3. The molecule has 0 amide bonds. The summed E-state index contributed by atoms with van der Waals surface area (Å²) in [7, 11) is 0. The Labute approximate surface area is 106 Å². The maximum atomic E-state index is 8.83. The smallest absolute Gasteiger partial charge is 0.139 e. The summed E-state index contributed by atoms with van der Waals surface area (Å²) in [6, 6.07) is 9.56. The van der Waals surface area contributed by atoms with Crippen LogP contribution >= 0.6 is 0 Å². The average Bonchev–Trinajstić information content (AvgIpc) is 2.78. The van der Waals surface area contributed by atoms with E-state index in [4.69, 9.17) is 14.4 Å². The Morgan fingerprint density at radius 1 is 1.33 bits per heavy atom. The third-order valence-electron chi connectivity index (χ3n) is 2.42. The lowest BCUT2D eigenvalue weighted by Crippen LogP contribution is -2.05. The number of hydrogen-bond acceptors (Lipinski definition) is 4. The van der Waals surface area contributed by atoms with Gasteiger partial charge in [0.25, 0.3) is 0 Å². The van der Waals surface area contributed by atoms with Crippen LogP contribution in [0.2, 0.25) is 0 Å². The maximum Gasteiger partial charge on any atom is 0.139 e. The largest absolute Gasteiger partial charge is 0.491 e. The number of aromatic nitrogens is 1. The molecule has 18 heavy (non-hydrogen) atoms. The van der Waals surface area contributed by atoms with Crippen molar-refractivity contribution in [3.8, 4) is 17.0 Å². The molecule has 1 N–H and O–H groups in total. The number of benzene rings is 1. The summed E-state index contributed by atoms with van der Waals surface area (Å²) >= 11 is 0. The molecular weight excluding hydrogens is 230 g/mol. The normalized spacial score (nSPS) is 10.9. The fourth-order valence-corrected chi connectivity index (χ4v) is 1.68. The molecule has 0 saturated heterocycles. The van der Waals surface area contributed by atoms with Crippen LogP contribution in [0.5, 0.6) is 5.75 Å². The van der Waals surface area contributed by atoms with Gasteiger partial charge in [-0.2, -0.15) is 0 Å². The second-order valence-corrected chi connectivity index (χ2v) is 4.35. The van der Waals surface area contributed by atoms with E-state index in [0.717, 1.165) is 17.0 Å². The van der Waals surface area contributed by atoms with Gasteiger partial charge in [-0.05, 0) is 26.0 Å². The van der Waals surface area contributed by atoms with Crippen molar-refractivity contribution in [3.05, 3.63) is 36.1 Å². The Balaban J connectivity index is 2.21. The molecule has 0 aliphatic rings. The monoisotopic (exact) mass is 247 g/mol. The first-order valence-electron chi connectivity index (χ1n) is 6.02. The first-order chi connectivity index (χ1) is 8.69. The van der Waals surface area contributed by atoms with Gasteiger partial charge < -0.3 is 14.4 Å². The fraction of sp³-hybridized carbons (Fsp3) is 0.357. The van der Waals surface area contributed by atoms with Crippen LogP contribution in [0.15, 0.2) is 34.9 Å². The Morgan fingerprint density at radius 3 is 2.89 bits per heavy atom. The number of rotatable bonds is 5. The number of ether oxygens (including phenoxy) is 1. The van der Waals surface area contributed by atoms with Crippen molar-refractivity contribution in [2.24, 2.45) is 0 Å². The fourth-order valence-electron chi connectivity index (χ4n) is 1.68. The van der Waals surface area contributed by atoms with Crippen LogP contribution in [0, 0.1) is 0 Å². The van der Waals surface area contributed by atoms with Crippen molar-refractivity contribution in [2.45, 2.75) is 26.4 Å². The molecule has 4 nitrogen and oxygen atoms in total. The second-order valence-electron chi connectivity index (χ2n) is 4.35. The van der Waals surface area contributed by atoms with Gasteiger partial charge in [0.05, 0.1) is 12.7 Å². The highest BCUT2D eigenvalue weighted by Gasteiger charge is 2.07. The molecule has 0 aliphatic heterocycles. The van der Waals surface area contributed by atoms with Crippen LogP contribution in [-0.4, -0.2) is 23.0 Å². The zero-order valence-electron chi connectivity index (χ0n) is 10.6. The van der Waals surface area contributed by atoms with E-state index >= 15 is 0 Å². The highest BCUT2D eigenvalue weighted by atomic mass is 16.5. The minimum atomic E-state index is 0.0606. The first kappa shape index (κ1) is 12.6. The number of hydrogen-bond donors (Lipinski definition) is 1. The molecule has 96 valence electrons. The van der Waals surface area contributed by atoms with E-state index in [9.17, 15) is 0 Å². The molecule has 0 fully saturated rings. The SMILES string of the molecule is CC(C)Oc1cccc(-c2cc(CCO)on2)c1. The number of nitrogens with zero attached hydrogens (tertiary/aromatic N) is 1. The highest BCUT2D eigenvalue weighted by Crippen LogP contribution is 2.24. The van der Waals surface area contributed by atoms with E-state index in [0.29, 0.717) is 12.2 Å². The quantitative estimate of drug-likeness (QED) is 0.882. The maximum absolute atomic E-state index is 8.83. The molecule has 0 saturated carbocycles. The highest BCUT2D eigenvalue weighted by molar-refractivity contribution is 5.60. The topological polar surface area (TPSA) is 55.5 Å². The van der Waals surface area contributed by atoms with Crippen LogP contribution in [0.1, 0.15) is 19.6 Å². The summed E-state index contributed by atoms with van der Waals surface area (Å²) < 4.78 is 10.8. The van der Waals surface area contributed by atoms with Gasteiger partial charge in [0.1, 0.15) is 17.2 Å². The Kier molecular flexibility index (Phi) is 3.99. The minimum absolute atomic E-state index is 0.0606. The predicted molar refractivity (Wildman–Crippen MR) is 68.5 cm³/mol. The molecule has 2 rings (SSSR count). The van der Waals surface area contributed by atoms with Gasteiger partial charge in [-0.1, -0.05) is 17.3 Å². The number of aliphatic hydroxyl groups excluding tert-OH is 1. The van der Waals surface area contributed by atoms with Crippen LogP contribution in [0.4, 0.5) is 0 Å². The lowest BCUT2D eigenvalue weighted by atomic mass is 10.1. The Bertz CT molecular complexity index is 505. The van der Waals surface area contributed by atoms with E-state index in [1.807, 2.05) is 44.2 Å². The molecule has 4 heteroatoms. The zero-order valence-corrected chi connectivity index (χ0v) is 10.6. The minimum Gasteiger partial charge on any atom is -0.491 e. The molecule has 0 radical (unpaired) electrons. The van der Waals surface area contributed by atoms with Crippen molar-refractivity contribution < 1.29 is 14.4 Å². The van der Waals surface area contributed by atoms with Crippen LogP contribution in [-0.2, 0) is 6.42 Å². The van der Waals surface area contributed by atoms with Crippen molar-refractivity contribution in [1.82, 2.24) is 5.16 Å². The van der Waals surface area contributed by atoms with Gasteiger partial charge in [-0.25, -0.2) is 0 Å². The predicted octanol–water partition coefficient (Wildman–Crippen LogP) is 2.66. The van der Waals surface area contributed by atoms with Crippen molar-refractivity contribution in [2.75, 3.05) is 6.61 Å². The second kappa shape index (κ2) is 5.69. The lowest BCUT2D eigenvalue weighted by molar-refractivity contribution is 0.242. The summed E-state index contributed by atoms with van der Waals surface area (Å²) in [4.78, 5) is 0. The first-order valence-corrected chi connectivity index (χ1v) is 6.02. The summed E-state index contributed by atoms with van der Waals surface area (Å²) in [5, 5.41) is 12.8. The lowest BCUT2D eigenvalue weighted by Gasteiger charge is -2.09. The molecule has 1 aromatic carbocycles. The van der Waals surface area contributed by atoms with Gasteiger partial charge in [0.15, 0.2) is 0 Å². The molecule has 1 heterocycles. The van der Waals surface area contributed by atoms with Crippen LogP contribution in [0.25, 0.3) is 11.3 Å². The van der Waals surface area contributed by atoms with Gasteiger partial charge >= 0.3 is 0 Å². The zero-order chi connectivity index (χ0) is 13.0. The van der Waals surface area contributed by atoms with E-state index in [1.165, 1.54) is 0 Å². The van der Waals surface area contributed by atoms with Gasteiger partial charge in [-0.15, -0.1) is 0 Å². The standard InChI is InChI=1S/C14H17NO3/c1-10(2)17-12-5-3-4-11(8-12)14-9-13(6-7-16)18-15-14/h3-5,8-10,16H,6-7H2,1-2H3. The van der Waals surface area contributed by atoms with Crippen molar-refractivity contribution >= 4 is 0 Å². The molecule has 2 aromatic rings. The van der Waals surface area contributed by atoms with Gasteiger partial charge in [0.2, 0.25) is 0 Å². The summed E-state index contributed by atoms with van der Waals surface area (Å²) in [5.41, 5.74) is 1.70. The van der Waals surface area contributed by atoms with E-state index in [-0.39, 0.29) is 12.7 Å². The molecule has 0 spiro atoms. The van der Waals surface area contributed by atoms with Crippen LogP contribution in [0.3, 0.4) is 0 Å². The summed E-state index contributed by atoms with van der Waals surface area (Å²) in [6.07, 6.45) is 0.623. The van der Waals surface area contributed by atoms with Gasteiger partial charge in [-0.3, -0.25) is 0 Å². The van der Waals surface area contributed by atoms with E-state index in [2.05, 4.69) is 5.16 Å². The average molecular weight is 247 g/mol. The van der Waals surface area contributed by atoms with Gasteiger partial charge in [0, 0.05) is 18.1 Å². The van der Waals surface area contributed by atoms with Crippen LogP contribution < -0.4 is 4.74 Å². The molecule has 1 aromatic heterocycles. The summed E-state index contributed by atoms with van der Waals surface area (Å²) in [5.74, 6) is 1.50. The molecule has 0 bridgehead atoms. The third kappa shape index (κ3) is 3.11. The Hall–Kier alpha value is -1.81. The Morgan fingerprint density at radius 2 is 2.17 bits per heavy atom. The molecule has 0 aliphatic carbocycles. The van der Waals surface area contributed by atoms with E-state index in [1.54, 1.807) is 0 Å². The molecule has 0 atom stereocenters. The summed E-state index contributed by atoms with van der Waals surface area (Å²) in [6.45, 7) is 4.04. The van der Waals surface area contributed by atoms with Crippen molar-refractivity contribution in [1.29, 1.82) is 0 Å². The molecule has 0 unspecified atom stereocenters. The van der Waals surface area contributed by atoms with E-state index < -0.39 is 0 Å². The third-order valence-corrected chi connectivity index (χ3v) is 2.42.